The van der Waals surface area contributed by atoms with Gasteiger partial charge >= 0.3 is 0 Å². The normalized spacial score (nSPS) is 36.5. The molecule has 0 N–H and O–H groups in total. The number of hydrogen-bond acceptors (Lipinski definition) is 2. The molecular weight excluding hydrogens is 162 g/mol. The highest BCUT2D eigenvalue weighted by Gasteiger charge is 2.45. The van der Waals surface area contributed by atoms with E-state index in [-0.39, 0.29) is 0 Å². The van der Waals surface area contributed by atoms with Gasteiger partial charge in [-0.1, -0.05) is 18.2 Å². The summed E-state index contributed by atoms with van der Waals surface area (Å²) in [6, 6.07) is 0.638. The third kappa shape index (κ3) is 1.58. The van der Waals surface area contributed by atoms with E-state index in [0.29, 0.717) is 12.1 Å². The van der Waals surface area contributed by atoms with Crippen molar-refractivity contribution in [3.8, 4) is 0 Å². The van der Waals surface area contributed by atoms with Gasteiger partial charge in [0.1, 0.15) is 0 Å². The van der Waals surface area contributed by atoms with Crippen molar-refractivity contribution in [3.05, 3.63) is 11.6 Å². The second kappa shape index (κ2) is 2.77. The molecule has 2 atom stereocenters. The summed E-state index contributed by atoms with van der Waals surface area (Å²) in [5, 5.41) is 0.734. The van der Waals surface area contributed by atoms with E-state index in [2.05, 4.69) is 11.5 Å². The molecule has 11 heavy (non-hydrogen) atoms. The third-order valence-corrected chi connectivity index (χ3v) is 2.37. The SMILES string of the molecule is C=C(Cl)CN1CCOC2CC21. The quantitative estimate of drug-likeness (QED) is 0.623. The summed E-state index contributed by atoms with van der Waals surface area (Å²) in [6.07, 6.45) is 1.68. The average molecular weight is 174 g/mol. The zero-order valence-corrected chi connectivity index (χ0v) is 7.18. The van der Waals surface area contributed by atoms with Crippen molar-refractivity contribution in [2.24, 2.45) is 0 Å². The highest BCUT2D eigenvalue weighted by molar-refractivity contribution is 6.29. The highest BCUT2D eigenvalue weighted by atomic mass is 35.5. The lowest BCUT2D eigenvalue weighted by Crippen LogP contribution is -2.37. The number of rotatable bonds is 2. The Labute approximate surface area is 71.8 Å². The smallest absolute Gasteiger partial charge is 0.0747 e. The predicted molar refractivity (Wildman–Crippen MR) is 44.7 cm³/mol. The molecular formula is C8H12ClNO. The molecule has 1 aliphatic carbocycles. The zero-order chi connectivity index (χ0) is 7.84. The fraction of sp³-hybridized carbons (Fsp3) is 0.750. The standard InChI is InChI=1S/C8H12ClNO/c1-6(9)5-10-2-3-11-8-4-7(8)10/h7-8H,1-5H2. The van der Waals surface area contributed by atoms with Crippen LogP contribution >= 0.6 is 11.6 Å². The van der Waals surface area contributed by atoms with Gasteiger partial charge in [0.05, 0.1) is 12.7 Å². The van der Waals surface area contributed by atoms with E-state index >= 15 is 0 Å². The molecule has 0 radical (unpaired) electrons. The first kappa shape index (κ1) is 7.59. The van der Waals surface area contributed by atoms with E-state index in [1.165, 1.54) is 6.42 Å². The molecule has 2 rings (SSSR count). The van der Waals surface area contributed by atoms with Gasteiger partial charge in [0, 0.05) is 24.2 Å². The molecule has 0 aromatic rings. The van der Waals surface area contributed by atoms with Crippen LogP contribution in [0.4, 0.5) is 0 Å². The van der Waals surface area contributed by atoms with Gasteiger partial charge in [0.2, 0.25) is 0 Å². The number of ether oxygens (including phenoxy) is 1. The maximum atomic E-state index is 5.72. The summed E-state index contributed by atoms with van der Waals surface area (Å²) in [5.74, 6) is 0. The first-order valence-corrected chi connectivity index (χ1v) is 4.34. The van der Waals surface area contributed by atoms with Crippen LogP contribution in [0.25, 0.3) is 0 Å². The topological polar surface area (TPSA) is 12.5 Å². The molecule has 62 valence electrons. The molecule has 1 heterocycles. The molecule has 1 aliphatic heterocycles. The second-order valence-electron chi connectivity index (χ2n) is 3.20. The fourth-order valence-corrected chi connectivity index (χ4v) is 1.78. The van der Waals surface area contributed by atoms with E-state index in [1.54, 1.807) is 0 Å². The van der Waals surface area contributed by atoms with E-state index in [9.17, 15) is 0 Å². The molecule has 2 fully saturated rings. The fourth-order valence-electron chi connectivity index (χ4n) is 1.63. The first-order chi connectivity index (χ1) is 5.27. The monoisotopic (exact) mass is 173 g/mol. The molecule has 1 saturated carbocycles. The van der Waals surface area contributed by atoms with Gasteiger partial charge in [-0.2, -0.15) is 0 Å². The first-order valence-electron chi connectivity index (χ1n) is 3.96. The average Bonchev–Trinajstić information content (AvgIpc) is 2.65. The Morgan fingerprint density at radius 2 is 2.55 bits per heavy atom. The lowest BCUT2D eigenvalue weighted by atomic mass is 10.4. The number of halogens is 1. The molecule has 3 heteroatoms. The van der Waals surface area contributed by atoms with Gasteiger partial charge in [-0.3, -0.25) is 4.90 Å². The lowest BCUT2D eigenvalue weighted by Gasteiger charge is -2.25. The summed E-state index contributed by atoms with van der Waals surface area (Å²) >= 11 is 5.72. The number of morpholine rings is 1. The molecule has 0 aromatic carbocycles. The summed E-state index contributed by atoms with van der Waals surface area (Å²) in [5.41, 5.74) is 0. The van der Waals surface area contributed by atoms with Crippen LogP contribution in [0.5, 0.6) is 0 Å². The number of nitrogens with zero attached hydrogens (tertiary/aromatic N) is 1. The van der Waals surface area contributed by atoms with Crippen LogP contribution in [0.2, 0.25) is 0 Å². The van der Waals surface area contributed by atoms with Crippen molar-refractivity contribution in [2.75, 3.05) is 19.7 Å². The molecule has 1 saturated heterocycles. The van der Waals surface area contributed by atoms with E-state index in [1.807, 2.05) is 0 Å². The Hall–Kier alpha value is -0.0500. The maximum Gasteiger partial charge on any atom is 0.0747 e. The van der Waals surface area contributed by atoms with E-state index < -0.39 is 0 Å². The van der Waals surface area contributed by atoms with Crippen LogP contribution in [0.1, 0.15) is 6.42 Å². The maximum absolute atomic E-state index is 5.72. The summed E-state index contributed by atoms with van der Waals surface area (Å²) in [6.45, 7) is 6.37. The van der Waals surface area contributed by atoms with Gasteiger partial charge in [-0.15, -0.1) is 0 Å². The third-order valence-electron chi connectivity index (χ3n) is 2.25. The van der Waals surface area contributed by atoms with Gasteiger partial charge in [0.25, 0.3) is 0 Å². The van der Waals surface area contributed by atoms with Crippen molar-refractivity contribution in [3.63, 3.8) is 0 Å². The molecule has 0 spiro atoms. The van der Waals surface area contributed by atoms with Crippen molar-refractivity contribution >= 4 is 11.6 Å². The summed E-state index contributed by atoms with van der Waals surface area (Å²) < 4.78 is 5.45. The van der Waals surface area contributed by atoms with Crippen LogP contribution in [0.3, 0.4) is 0 Å². The Morgan fingerprint density at radius 3 is 3.27 bits per heavy atom. The van der Waals surface area contributed by atoms with Crippen LogP contribution in [0.15, 0.2) is 11.6 Å². The predicted octanol–water partition coefficient (Wildman–Crippen LogP) is 1.21. The Morgan fingerprint density at radius 1 is 1.73 bits per heavy atom. The zero-order valence-electron chi connectivity index (χ0n) is 6.42. The summed E-state index contributed by atoms with van der Waals surface area (Å²) in [4.78, 5) is 2.35. The highest BCUT2D eigenvalue weighted by Crippen LogP contribution is 2.34. The largest absolute Gasteiger partial charge is 0.375 e. The van der Waals surface area contributed by atoms with Crippen molar-refractivity contribution in [2.45, 2.75) is 18.6 Å². The van der Waals surface area contributed by atoms with Crippen molar-refractivity contribution in [1.29, 1.82) is 0 Å². The van der Waals surface area contributed by atoms with Crippen LogP contribution < -0.4 is 0 Å². The molecule has 0 aromatic heterocycles. The Balaban J connectivity index is 1.88. The Bertz CT molecular complexity index is 183. The lowest BCUT2D eigenvalue weighted by molar-refractivity contribution is 0.0359. The molecule has 0 bridgehead atoms. The minimum Gasteiger partial charge on any atom is -0.375 e. The Kier molecular flexibility index (Phi) is 1.91. The minimum absolute atomic E-state index is 0.500. The molecule has 2 unspecified atom stereocenters. The molecule has 0 amide bonds. The second-order valence-corrected chi connectivity index (χ2v) is 3.73. The minimum atomic E-state index is 0.500. The van der Waals surface area contributed by atoms with E-state index in [0.717, 1.165) is 24.7 Å². The van der Waals surface area contributed by atoms with Crippen LogP contribution in [-0.2, 0) is 4.74 Å². The molecule has 2 aliphatic rings. The van der Waals surface area contributed by atoms with Crippen molar-refractivity contribution < 1.29 is 4.74 Å². The van der Waals surface area contributed by atoms with Gasteiger partial charge in [0.15, 0.2) is 0 Å². The summed E-state index contributed by atoms with van der Waals surface area (Å²) in [7, 11) is 0. The van der Waals surface area contributed by atoms with Crippen molar-refractivity contribution in [1.82, 2.24) is 4.90 Å². The van der Waals surface area contributed by atoms with Gasteiger partial charge in [-0.25, -0.2) is 0 Å². The number of fused-ring (bicyclic) bond motifs is 1. The van der Waals surface area contributed by atoms with Crippen LogP contribution in [-0.4, -0.2) is 36.7 Å². The van der Waals surface area contributed by atoms with E-state index in [4.69, 9.17) is 16.3 Å². The van der Waals surface area contributed by atoms with Gasteiger partial charge in [-0.05, 0) is 6.42 Å². The van der Waals surface area contributed by atoms with Gasteiger partial charge < -0.3 is 4.74 Å². The molecule has 2 nitrogen and oxygen atoms in total. The van der Waals surface area contributed by atoms with Crippen LogP contribution in [0, 0.1) is 0 Å². The number of hydrogen-bond donors (Lipinski definition) is 0.